The molecule has 2 heterocycles. The molecule has 1 saturated carbocycles. The molecule has 5 nitrogen and oxygen atoms in total. The highest BCUT2D eigenvalue weighted by atomic mass is 19.1. The highest BCUT2D eigenvalue weighted by molar-refractivity contribution is 5.91. The molecule has 2 aromatic carbocycles. The van der Waals surface area contributed by atoms with Crippen LogP contribution in [0.2, 0.25) is 0 Å². The van der Waals surface area contributed by atoms with Gasteiger partial charge in [-0.05, 0) is 93.7 Å². The SMILES string of the molecule is Cc1cc(-c2ccc3c(c2)CCN(CCC2CCC(NC(=O)/C=C/c4ccccc4F)CC2)CC3)on1. The maximum Gasteiger partial charge on any atom is 0.244 e. The van der Waals surface area contributed by atoms with Gasteiger partial charge in [0.25, 0.3) is 0 Å². The standard InChI is InChI=1S/C31H36FN3O2/c1-22-20-30(37-34-22)27-9-8-24-15-18-35(19-16-26(24)21-27)17-14-23-6-11-28(12-7-23)33-31(36)13-10-25-4-2-3-5-29(25)32/h2-5,8-10,13,20-21,23,28H,6-7,11-12,14-19H2,1H3,(H,33,36)/b13-10+. The van der Waals surface area contributed by atoms with E-state index in [1.807, 2.05) is 13.0 Å². The Balaban J connectivity index is 1.04. The van der Waals surface area contributed by atoms with Crippen LogP contribution in [0.25, 0.3) is 17.4 Å². The van der Waals surface area contributed by atoms with Gasteiger partial charge in [-0.3, -0.25) is 4.79 Å². The molecule has 1 aliphatic heterocycles. The normalized spacial score (nSPS) is 20.5. The maximum atomic E-state index is 13.7. The van der Waals surface area contributed by atoms with Crippen LogP contribution in [0.5, 0.6) is 0 Å². The molecule has 37 heavy (non-hydrogen) atoms. The fourth-order valence-electron chi connectivity index (χ4n) is 5.63. The summed E-state index contributed by atoms with van der Waals surface area (Å²) in [7, 11) is 0. The molecule has 0 radical (unpaired) electrons. The van der Waals surface area contributed by atoms with E-state index in [2.05, 4.69) is 33.6 Å². The van der Waals surface area contributed by atoms with Crippen molar-refractivity contribution in [1.82, 2.24) is 15.4 Å². The number of hydrogen-bond donors (Lipinski definition) is 1. The minimum Gasteiger partial charge on any atom is -0.356 e. The van der Waals surface area contributed by atoms with E-state index in [-0.39, 0.29) is 17.8 Å². The molecule has 1 fully saturated rings. The average Bonchev–Trinajstić information content (AvgIpc) is 3.24. The molecule has 1 aromatic heterocycles. The van der Waals surface area contributed by atoms with Crippen LogP contribution in [0.1, 0.15) is 54.5 Å². The topological polar surface area (TPSA) is 58.4 Å². The quantitative estimate of drug-likeness (QED) is 0.406. The summed E-state index contributed by atoms with van der Waals surface area (Å²) in [6.07, 6.45) is 10.7. The number of carbonyl (C=O) groups is 1. The smallest absolute Gasteiger partial charge is 0.244 e. The molecule has 6 heteroatoms. The number of halogens is 1. The van der Waals surface area contributed by atoms with Crippen LogP contribution < -0.4 is 5.32 Å². The second-order valence-corrected chi connectivity index (χ2v) is 10.5. The van der Waals surface area contributed by atoms with Crippen LogP contribution in [0.3, 0.4) is 0 Å². The van der Waals surface area contributed by atoms with Gasteiger partial charge in [0, 0.05) is 42.4 Å². The van der Waals surface area contributed by atoms with Crippen molar-refractivity contribution in [1.29, 1.82) is 0 Å². The third-order valence-corrected chi connectivity index (χ3v) is 7.88. The first kappa shape index (κ1) is 25.4. The van der Waals surface area contributed by atoms with Crippen LogP contribution in [0.4, 0.5) is 4.39 Å². The predicted octanol–water partition coefficient (Wildman–Crippen LogP) is 5.97. The predicted molar refractivity (Wildman–Crippen MR) is 144 cm³/mol. The maximum absolute atomic E-state index is 13.7. The Labute approximate surface area is 218 Å². The van der Waals surface area contributed by atoms with Crippen LogP contribution in [0.15, 0.2) is 59.1 Å². The van der Waals surface area contributed by atoms with Gasteiger partial charge < -0.3 is 14.7 Å². The number of aryl methyl sites for hydroxylation is 1. The first-order valence-electron chi connectivity index (χ1n) is 13.5. The number of benzene rings is 2. The van der Waals surface area contributed by atoms with Crippen molar-refractivity contribution in [3.63, 3.8) is 0 Å². The van der Waals surface area contributed by atoms with Gasteiger partial charge in [0.1, 0.15) is 5.82 Å². The second kappa shape index (κ2) is 11.9. The van der Waals surface area contributed by atoms with Gasteiger partial charge in [0.05, 0.1) is 5.69 Å². The zero-order valence-corrected chi connectivity index (χ0v) is 21.6. The van der Waals surface area contributed by atoms with Crippen molar-refractivity contribution >= 4 is 12.0 Å². The average molecular weight is 502 g/mol. The molecule has 0 unspecified atom stereocenters. The van der Waals surface area contributed by atoms with E-state index in [1.54, 1.807) is 24.3 Å². The summed E-state index contributed by atoms with van der Waals surface area (Å²) in [5.74, 6) is 1.10. The van der Waals surface area contributed by atoms with Crippen molar-refractivity contribution in [2.75, 3.05) is 19.6 Å². The Morgan fingerprint density at radius 2 is 1.86 bits per heavy atom. The number of rotatable bonds is 7. The number of hydrogen-bond acceptors (Lipinski definition) is 4. The van der Waals surface area contributed by atoms with Gasteiger partial charge in [-0.25, -0.2) is 4.39 Å². The van der Waals surface area contributed by atoms with Crippen LogP contribution >= 0.6 is 0 Å². The number of amides is 1. The van der Waals surface area contributed by atoms with E-state index in [1.165, 1.54) is 29.7 Å². The Kier molecular flexibility index (Phi) is 8.15. The molecule has 1 aliphatic carbocycles. The van der Waals surface area contributed by atoms with E-state index < -0.39 is 0 Å². The fourth-order valence-corrected chi connectivity index (χ4v) is 5.63. The Bertz CT molecular complexity index is 1240. The van der Waals surface area contributed by atoms with Crippen molar-refractivity contribution in [3.8, 4) is 11.3 Å². The van der Waals surface area contributed by atoms with Gasteiger partial charge in [-0.15, -0.1) is 0 Å². The molecule has 3 aromatic rings. The molecule has 2 aliphatic rings. The number of aromatic nitrogens is 1. The molecule has 0 atom stereocenters. The summed E-state index contributed by atoms with van der Waals surface area (Å²) in [5.41, 5.74) is 5.32. The van der Waals surface area contributed by atoms with Crippen LogP contribution in [-0.4, -0.2) is 41.6 Å². The lowest BCUT2D eigenvalue weighted by Crippen LogP contribution is -2.37. The first-order chi connectivity index (χ1) is 18.0. The van der Waals surface area contributed by atoms with Crippen molar-refractivity contribution < 1.29 is 13.7 Å². The fraction of sp³-hybridized carbons (Fsp3) is 0.419. The number of fused-ring (bicyclic) bond motifs is 1. The molecular formula is C31H36FN3O2. The summed E-state index contributed by atoms with van der Waals surface area (Å²) >= 11 is 0. The van der Waals surface area contributed by atoms with Gasteiger partial charge in [-0.2, -0.15) is 0 Å². The van der Waals surface area contributed by atoms with Crippen LogP contribution in [-0.2, 0) is 17.6 Å². The first-order valence-corrected chi connectivity index (χ1v) is 13.5. The molecule has 5 rings (SSSR count). The molecular weight excluding hydrogens is 465 g/mol. The monoisotopic (exact) mass is 501 g/mol. The molecule has 1 N–H and O–H groups in total. The summed E-state index contributed by atoms with van der Waals surface area (Å²) in [6, 6.07) is 15.4. The molecule has 1 amide bonds. The lowest BCUT2D eigenvalue weighted by molar-refractivity contribution is -0.117. The summed E-state index contributed by atoms with van der Waals surface area (Å²) < 4.78 is 19.2. The Hall–Kier alpha value is -3.25. The Morgan fingerprint density at radius 1 is 1.08 bits per heavy atom. The lowest BCUT2D eigenvalue weighted by atomic mass is 9.84. The minimum absolute atomic E-state index is 0.141. The lowest BCUT2D eigenvalue weighted by Gasteiger charge is -2.30. The number of nitrogens with zero attached hydrogens (tertiary/aromatic N) is 2. The van der Waals surface area contributed by atoms with Crippen molar-refractivity contribution in [2.24, 2.45) is 5.92 Å². The van der Waals surface area contributed by atoms with Crippen molar-refractivity contribution in [2.45, 2.75) is 57.9 Å². The largest absolute Gasteiger partial charge is 0.356 e. The summed E-state index contributed by atoms with van der Waals surface area (Å²) in [4.78, 5) is 14.9. The van der Waals surface area contributed by atoms with E-state index in [0.29, 0.717) is 11.5 Å². The van der Waals surface area contributed by atoms with Crippen molar-refractivity contribution in [3.05, 3.63) is 82.8 Å². The van der Waals surface area contributed by atoms with E-state index in [9.17, 15) is 9.18 Å². The van der Waals surface area contributed by atoms with Gasteiger partial charge in [0.2, 0.25) is 5.91 Å². The molecule has 0 saturated heterocycles. The third-order valence-electron chi connectivity index (χ3n) is 7.88. The third kappa shape index (κ3) is 6.75. The Morgan fingerprint density at radius 3 is 2.62 bits per heavy atom. The summed E-state index contributed by atoms with van der Waals surface area (Å²) in [5, 5.41) is 7.13. The van der Waals surface area contributed by atoms with Gasteiger partial charge in [0.15, 0.2) is 5.76 Å². The number of carbonyl (C=O) groups excluding carboxylic acids is 1. The molecule has 0 spiro atoms. The highest BCUT2D eigenvalue weighted by Crippen LogP contribution is 2.29. The zero-order valence-electron chi connectivity index (χ0n) is 21.6. The van der Waals surface area contributed by atoms with E-state index in [0.717, 1.165) is 75.2 Å². The molecule has 0 bridgehead atoms. The molecule has 194 valence electrons. The van der Waals surface area contributed by atoms with Crippen LogP contribution in [0, 0.1) is 18.7 Å². The minimum atomic E-state index is -0.313. The summed E-state index contributed by atoms with van der Waals surface area (Å²) in [6.45, 7) is 5.28. The zero-order chi connectivity index (χ0) is 25.6. The van der Waals surface area contributed by atoms with E-state index in [4.69, 9.17) is 4.52 Å². The second-order valence-electron chi connectivity index (χ2n) is 10.5. The highest BCUT2D eigenvalue weighted by Gasteiger charge is 2.23. The van der Waals surface area contributed by atoms with Gasteiger partial charge in [-0.1, -0.05) is 35.5 Å². The van der Waals surface area contributed by atoms with E-state index >= 15 is 0 Å². The number of nitrogens with one attached hydrogen (secondary N) is 1. The van der Waals surface area contributed by atoms with Gasteiger partial charge >= 0.3 is 0 Å².